The molecular weight excluding hydrogens is 188 g/mol. The van der Waals surface area contributed by atoms with Crippen molar-refractivity contribution in [1.29, 1.82) is 0 Å². The molecule has 15 heavy (non-hydrogen) atoms. The topological polar surface area (TPSA) is 35.5 Å². The molecule has 1 rings (SSSR count). The van der Waals surface area contributed by atoms with Gasteiger partial charge in [-0.15, -0.1) is 0 Å². The summed E-state index contributed by atoms with van der Waals surface area (Å²) in [6.07, 6.45) is 3.69. The molecule has 1 saturated carbocycles. The van der Waals surface area contributed by atoms with Crippen LogP contribution in [0.25, 0.3) is 0 Å². The van der Waals surface area contributed by atoms with Gasteiger partial charge in [-0.3, -0.25) is 0 Å². The van der Waals surface area contributed by atoms with E-state index in [0.717, 1.165) is 19.0 Å². The molecule has 1 fully saturated rings. The van der Waals surface area contributed by atoms with Crippen molar-refractivity contribution in [3.63, 3.8) is 0 Å². The maximum atomic E-state index is 9.42. The third-order valence-electron chi connectivity index (χ3n) is 3.52. The van der Waals surface area contributed by atoms with Crippen LogP contribution in [0.3, 0.4) is 0 Å². The van der Waals surface area contributed by atoms with Gasteiger partial charge in [0, 0.05) is 17.6 Å². The van der Waals surface area contributed by atoms with Crippen LogP contribution in [-0.4, -0.2) is 47.8 Å². The molecular formula is C12H26N2O. The predicted octanol–water partition coefficient (Wildman–Crippen LogP) is 1.22. The van der Waals surface area contributed by atoms with E-state index in [1.165, 1.54) is 12.8 Å². The highest BCUT2D eigenvalue weighted by Crippen LogP contribution is 2.29. The Hall–Kier alpha value is -0.120. The third-order valence-corrected chi connectivity index (χ3v) is 3.52. The average molecular weight is 214 g/mol. The van der Waals surface area contributed by atoms with Gasteiger partial charge in [-0.25, -0.2) is 0 Å². The lowest BCUT2D eigenvalue weighted by Gasteiger charge is -2.35. The fourth-order valence-electron chi connectivity index (χ4n) is 2.26. The van der Waals surface area contributed by atoms with Crippen molar-refractivity contribution in [1.82, 2.24) is 10.2 Å². The van der Waals surface area contributed by atoms with Gasteiger partial charge in [-0.2, -0.15) is 0 Å². The minimum Gasteiger partial charge on any atom is -0.394 e. The molecule has 2 atom stereocenters. The number of nitrogens with zero attached hydrogens (tertiary/aromatic N) is 1. The first-order valence-corrected chi connectivity index (χ1v) is 6.10. The monoisotopic (exact) mass is 214 g/mol. The van der Waals surface area contributed by atoms with Gasteiger partial charge in [0.05, 0.1) is 6.61 Å². The zero-order chi connectivity index (χ0) is 11.5. The normalized spacial score (nSPS) is 22.8. The van der Waals surface area contributed by atoms with E-state index in [9.17, 15) is 5.11 Å². The molecule has 3 nitrogen and oxygen atoms in total. The maximum absolute atomic E-state index is 9.42. The summed E-state index contributed by atoms with van der Waals surface area (Å²) in [6, 6.07) is 1.33. The van der Waals surface area contributed by atoms with E-state index in [0.29, 0.717) is 6.04 Å². The van der Waals surface area contributed by atoms with Crippen LogP contribution in [0.2, 0.25) is 0 Å². The molecule has 0 heterocycles. The summed E-state index contributed by atoms with van der Waals surface area (Å²) in [5, 5.41) is 12.8. The van der Waals surface area contributed by atoms with E-state index < -0.39 is 0 Å². The Kier molecular flexibility index (Phi) is 4.56. The van der Waals surface area contributed by atoms with Crippen molar-refractivity contribution in [2.45, 2.75) is 57.7 Å². The lowest BCUT2D eigenvalue weighted by atomic mass is 9.94. The van der Waals surface area contributed by atoms with E-state index in [1.54, 1.807) is 0 Å². The van der Waals surface area contributed by atoms with Crippen LogP contribution in [0.15, 0.2) is 0 Å². The average Bonchev–Trinajstić information content (AvgIpc) is 3.00. The summed E-state index contributed by atoms with van der Waals surface area (Å²) < 4.78 is 0. The molecule has 0 aromatic carbocycles. The Balaban J connectivity index is 2.42. The fourth-order valence-corrected chi connectivity index (χ4v) is 2.26. The molecule has 1 aliphatic carbocycles. The van der Waals surface area contributed by atoms with Gasteiger partial charge in [-0.05, 0) is 46.7 Å². The second kappa shape index (κ2) is 5.28. The van der Waals surface area contributed by atoms with Crippen LogP contribution >= 0.6 is 0 Å². The van der Waals surface area contributed by atoms with Gasteiger partial charge >= 0.3 is 0 Å². The van der Waals surface area contributed by atoms with E-state index >= 15 is 0 Å². The minimum absolute atomic E-state index is 0.128. The Morgan fingerprint density at radius 2 is 2.13 bits per heavy atom. The fraction of sp³-hybridized carbons (Fsp3) is 1.00. The molecule has 0 aromatic heterocycles. The molecule has 1 aliphatic rings. The van der Waals surface area contributed by atoms with Gasteiger partial charge in [0.1, 0.15) is 0 Å². The van der Waals surface area contributed by atoms with Crippen LogP contribution in [0.5, 0.6) is 0 Å². The molecule has 0 bridgehead atoms. The second-order valence-corrected chi connectivity index (χ2v) is 5.20. The van der Waals surface area contributed by atoms with Gasteiger partial charge < -0.3 is 15.3 Å². The van der Waals surface area contributed by atoms with Crippen molar-refractivity contribution < 1.29 is 5.11 Å². The van der Waals surface area contributed by atoms with E-state index in [4.69, 9.17) is 0 Å². The van der Waals surface area contributed by atoms with Crippen LogP contribution in [-0.2, 0) is 0 Å². The summed E-state index contributed by atoms with van der Waals surface area (Å²) >= 11 is 0. The molecule has 90 valence electrons. The van der Waals surface area contributed by atoms with E-state index in [1.807, 2.05) is 0 Å². The van der Waals surface area contributed by atoms with E-state index in [2.05, 4.69) is 38.0 Å². The van der Waals surface area contributed by atoms with Gasteiger partial charge in [-0.1, -0.05) is 6.92 Å². The van der Waals surface area contributed by atoms with Crippen molar-refractivity contribution in [2.75, 3.05) is 20.2 Å². The number of aliphatic hydroxyl groups is 1. The van der Waals surface area contributed by atoms with E-state index in [-0.39, 0.29) is 12.1 Å². The zero-order valence-corrected chi connectivity index (χ0v) is 10.6. The molecule has 2 unspecified atom stereocenters. The standard InChI is InChI=1S/C12H26N2O/c1-5-13-12(3,9-15)8-10(2)14(4)11-6-7-11/h10-11,13,15H,5-9H2,1-4H3. The quantitative estimate of drug-likeness (QED) is 0.669. The number of hydrogen-bond donors (Lipinski definition) is 2. The second-order valence-electron chi connectivity index (χ2n) is 5.20. The minimum atomic E-state index is -0.128. The molecule has 0 spiro atoms. The van der Waals surface area contributed by atoms with Crippen molar-refractivity contribution >= 4 is 0 Å². The highest BCUT2D eigenvalue weighted by atomic mass is 16.3. The zero-order valence-electron chi connectivity index (χ0n) is 10.6. The Morgan fingerprint density at radius 1 is 1.53 bits per heavy atom. The first-order chi connectivity index (χ1) is 7.02. The van der Waals surface area contributed by atoms with Gasteiger partial charge in [0.2, 0.25) is 0 Å². The summed E-state index contributed by atoms with van der Waals surface area (Å²) in [5.41, 5.74) is -0.128. The van der Waals surface area contributed by atoms with Crippen molar-refractivity contribution in [3.05, 3.63) is 0 Å². The molecule has 0 saturated heterocycles. The predicted molar refractivity (Wildman–Crippen MR) is 64.0 cm³/mol. The largest absolute Gasteiger partial charge is 0.394 e. The van der Waals surface area contributed by atoms with Crippen LogP contribution in [0.1, 0.15) is 40.0 Å². The molecule has 0 aromatic rings. The van der Waals surface area contributed by atoms with Gasteiger partial charge in [0.25, 0.3) is 0 Å². The van der Waals surface area contributed by atoms with Crippen molar-refractivity contribution in [2.24, 2.45) is 0 Å². The molecule has 0 aliphatic heterocycles. The number of aliphatic hydroxyl groups excluding tert-OH is 1. The lowest BCUT2D eigenvalue weighted by Crippen LogP contribution is -2.50. The lowest BCUT2D eigenvalue weighted by molar-refractivity contribution is 0.125. The first kappa shape index (κ1) is 12.9. The van der Waals surface area contributed by atoms with Crippen LogP contribution < -0.4 is 5.32 Å². The number of rotatable bonds is 7. The number of likely N-dealkylation sites (N-methyl/N-ethyl adjacent to an activating group) is 1. The molecule has 0 amide bonds. The molecule has 0 radical (unpaired) electrons. The highest BCUT2D eigenvalue weighted by Gasteiger charge is 2.33. The Bertz CT molecular complexity index is 194. The summed E-state index contributed by atoms with van der Waals surface area (Å²) in [6.45, 7) is 7.57. The van der Waals surface area contributed by atoms with Crippen LogP contribution in [0.4, 0.5) is 0 Å². The summed E-state index contributed by atoms with van der Waals surface area (Å²) in [4.78, 5) is 2.45. The van der Waals surface area contributed by atoms with Crippen molar-refractivity contribution in [3.8, 4) is 0 Å². The first-order valence-electron chi connectivity index (χ1n) is 6.10. The molecule has 2 N–H and O–H groups in total. The van der Waals surface area contributed by atoms with Crippen LogP contribution in [0, 0.1) is 0 Å². The number of hydrogen-bond acceptors (Lipinski definition) is 3. The summed E-state index contributed by atoms with van der Waals surface area (Å²) in [5.74, 6) is 0. The summed E-state index contributed by atoms with van der Waals surface area (Å²) in [7, 11) is 2.20. The smallest absolute Gasteiger partial charge is 0.0611 e. The number of nitrogens with one attached hydrogen (secondary N) is 1. The maximum Gasteiger partial charge on any atom is 0.0611 e. The molecule has 3 heteroatoms. The van der Waals surface area contributed by atoms with Gasteiger partial charge in [0.15, 0.2) is 0 Å². The Labute approximate surface area is 93.9 Å². The Morgan fingerprint density at radius 3 is 2.53 bits per heavy atom. The third kappa shape index (κ3) is 3.74. The highest BCUT2D eigenvalue weighted by molar-refractivity contribution is 4.91. The SMILES string of the molecule is CCNC(C)(CO)CC(C)N(C)C1CC1.